The number of hydrazine groups is 1. The fraction of sp³-hybridized carbons (Fsp3) is 0.342. The summed E-state index contributed by atoms with van der Waals surface area (Å²) < 4.78 is 14.0. The van der Waals surface area contributed by atoms with Gasteiger partial charge in [0, 0.05) is 23.5 Å². The second-order valence-corrected chi connectivity index (χ2v) is 13.1. The van der Waals surface area contributed by atoms with Gasteiger partial charge in [0.2, 0.25) is 5.91 Å². The van der Waals surface area contributed by atoms with Crippen molar-refractivity contribution in [1.82, 2.24) is 15.6 Å². The summed E-state index contributed by atoms with van der Waals surface area (Å²) in [6.07, 6.45) is 6.63. The van der Waals surface area contributed by atoms with E-state index in [1.807, 2.05) is 24.3 Å². The number of carbonyl (C=O) groups excluding carboxylic acids is 1. The van der Waals surface area contributed by atoms with Crippen molar-refractivity contribution in [3.63, 3.8) is 0 Å². The number of hydrogen-bond acceptors (Lipinski definition) is 6. The molecule has 0 aromatic heterocycles. The maximum Gasteiger partial charge on any atom is 0.241 e. The van der Waals surface area contributed by atoms with E-state index in [1.54, 1.807) is 12.1 Å². The minimum absolute atomic E-state index is 0. The van der Waals surface area contributed by atoms with Gasteiger partial charge in [-0.2, -0.15) is 0 Å². The van der Waals surface area contributed by atoms with Crippen molar-refractivity contribution in [2.75, 3.05) is 28.7 Å². The molecule has 0 saturated carbocycles. The van der Waals surface area contributed by atoms with E-state index in [0.717, 1.165) is 63.1 Å². The van der Waals surface area contributed by atoms with Crippen LogP contribution in [-0.2, 0) is 11.3 Å². The van der Waals surface area contributed by atoms with Crippen molar-refractivity contribution in [3.8, 4) is 11.1 Å². The first kappa shape index (κ1) is 31.6. The van der Waals surface area contributed by atoms with Gasteiger partial charge in [-0.05, 0) is 116 Å². The average molecular weight is 653 g/mol. The van der Waals surface area contributed by atoms with E-state index in [4.69, 9.17) is 0 Å². The highest BCUT2D eigenvalue weighted by atomic mass is 35.5. The highest BCUT2D eigenvalue weighted by Gasteiger charge is 2.36. The molecule has 3 fully saturated rings. The van der Waals surface area contributed by atoms with Gasteiger partial charge in [-0.25, -0.2) is 9.40 Å². The van der Waals surface area contributed by atoms with Gasteiger partial charge < -0.3 is 26.3 Å². The zero-order valence-corrected chi connectivity index (χ0v) is 27.2. The van der Waals surface area contributed by atoms with Crippen molar-refractivity contribution >= 4 is 35.4 Å². The summed E-state index contributed by atoms with van der Waals surface area (Å²) in [6.45, 7) is 2.85. The molecule has 4 atom stereocenters. The van der Waals surface area contributed by atoms with E-state index < -0.39 is 0 Å². The summed E-state index contributed by atoms with van der Waals surface area (Å²) in [7, 11) is 0. The first-order valence-corrected chi connectivity index (χ1v) is 16.8. The predicted molar refractivity (Wildman–Crippen MR) is 189 cm³/mol. The lowest BCUT2D eigenvalue weighted by atomic mass is 9.96. The van der Waals surface area contributed by atoms with Crippen LogP contribution in [0.3, 0.4) is 0 Å². The Labute approximate surface area is 282 Å². The van der Waals surface area contributed by atoms with Crippen LogP contribution < -0.4 is 26.3 Å². The van der Waals surface area contributed by atoms with Crippen molar-refractivity contribution < 1.29 is 9.18 Å². The molecule has 47 heavy (non-hydrogen) atoms. The maximum absolute atomic E-state index is 14.0. The summed E-state index contributed by atoms with van der Waals surface area (Å²) in [5, 5.41) is 12.3. The highest BCUT2D eigenvalue weighted by molar-refractivity contribution is 5.95. The predicted octanol–water partition coefficient (Wildman–Crippen LogP) is 7.54. The van der Waals surface area contributed by atoms with E-state index in [-0.39, 0.29) is 42.3 Å². The Morgan fingerprint density at radius 1 is 0.766 bits per heavy atom. The normalized spacial score (nSPS) is 23.7. The second kappa shape index (κ2) is 13.6. The van der Waals surface area contributed by atoms with Crippen molar-refractivity contribution in [1.29, 1.82) is 0 Å². The van der Waals surface area contributed by atoms with Crippen LogP contribution >= 0.6 is 12.4 Å². The van der Waals surface area contributed by atoms with Crippen LogP contribution in [0.4, 0.5) is 21.5 Å². The molecule has 0 aliphatic carbocycles. The molecular formula is C38H42ClFN6O. The summed E-state index contributed by atoms with van der Waals surface area (Å²) in [6, 6.07) is 30.9. The van der Waals surface area contributed by atoms with E-state index in [0.29, 0.717) is 6.17 Å². The third-order valence-electron chi connectivity index (χ3n) is 10.2. The molecule has 244 valence electrons. The molecule has 1 amide bonds. The molecular weight excluding hydrogens is 611 g/mol. The van der Waals surface area contributed by atoms with Gasteiger partial charge in [0.15, 0.2) is 0 Å². The molecule has 3 saturated heterocycles. The van der Waals surface area contributed by atoms with Gasteiger partial charge in [-0.3, -0.25) is 4.79 Å². The minimum atomic E-state index is -0.232. The maximum atomic E-state index is 14.0. The number of benzene rings is 4. The van der Waals surface area contributed by atoms with Gasteiger partial charge in [0.25, 0.3) is 0 Å². The number of hydrogen-bond donors (Lipinski definition) is 4. The Balaban J connectivity index is 0.00000351. The monoisotopic (exact) mass is 652 g/mol. The minimum Gasteiger partial charge on any atom is -0.357 e. The highest BCUT2D eigenvalue weighted by Crippen LogP contribution is 2.47. The number of fused-ring (bicyclic) bond motifs is 1. The van der Waals surface area contributed by atoms with Gasteiger partial charge >= 0.3 is 0 Å². The summed E-state index contributed by atoms with van der Waals surface area (Å²) in [5.74, 6) is -0.202. The molecule has 8 rings (SSSR count). The Bertz CT molecular complexity index is 1690. The standard InChI is InChI=1S/C38H41FN6O.ClH/c39-28-14-18-30(19-15-28)45-35(20-21-36(45)27-12-16-29(17-13-27)42-38(46)34-6-2-22-40-34)26-10-8-25(9-11-26)31-4-1-5-33-32(31)24-44(43-33)37-7-3-23-41-37;/h1,4-5,8-19,34-37,40-41,43H,2-3,6-7,20-24H2,(H,42,46);1H/t34-,35?,36?,37-;/m0./s1. The number of nitrogens with one attached hydrogen (secondary N) is 4. The van der Waals surface area contributed by atoms with E-state index in [1.165, 1.54) is 39.9 Å². The van der Waals surface area contributed by atoms with Gasteiger partial charge in [0.1, 0.15) is 5.82 Å². The summed E-state index contributed by atoms with van der Waals surface area (Å²) in [4.78, 5) is 15.1. The van der Waals surface area contributed by atoms with E-state index >= 15 is 0 Å². The molecule has 4 N–H and O–H groups in total. The van der Waals surface area contributed by atoms with Crippen molar-refractivity contribution in [2.24, 2.45) is 0 Å². The third-order valence-corrected chi connectivity index (χ3v) is 10.2. The van der Waals surface area contributed by atoms with Crippen LogP contribution in [0.2, 0.25) is 0 Å². The first-order chi connectivity index (χ1) is 22.6. The van der Waals surface area contributed by atoms with Crippen LogP contribution in [0.15, 0.2) is 91.0 Å². The summed E-state index contributed by atoms with van der Waals surface area (Å²) in [5.41, 5.74) is 12.9. The SMILES string of the molecule is Cl.O=C(Nc1ccc(C2CCC(c3ccc(-c4cccc5c4CN([C@H]4CCCN4)N5)cc3)N2c2ccc(F)cc2)cc1)[C@@H]1CCCN1. The lowest BCUT2D eigenvalue weighted by Crippen LogP contribution is -2.41. The number of rotatable bonds is 7. The van der Waals surface area contributed by atoms with Crippen LogP contribution in [0.5, 0.6) is 0 Å². The Morgan fingerprint density at radius 2 is 1.45 bits per heavy atom. The van der Waals surface area contributed by atoms with Crippen LogP contribution in [-0.4, -0.2) is 36.2 Å². The molecule has 4 heterocycles. The van der Waals surface area contributed by atoms with Crippen molar-refractivity contribution in [2.45, 2.75) is 69.4 Å². The first-order valence-electron chi connectivity index (χ1n) is 16.8. The molecule has 4 aromatic rings. The van der Waals surface area contributed by atoms with E-state index in [2.05, 4.69) is 85.9 Å². The Kier molecular flexibility index (Phi) is 9.19. The van der Waals surface area contributed by atoms with Crippen molar-refractivity contribution in [3.05, 3.63) is 114 Å². The quantitative estimate of drug-likeness (QED) is 0.165. The molecule has 4 aliphatic rings. The molecule has 0 radical (unpaired) electrons. The average Bonchev–Trinajstić information content (AvgIpc) is 3.92. The van der Waals surface area contributed by atoms with Gasteiger partial charge in [-0.15, -0.1) is 12.4 Å². The second-order valence-electron chi connectivity index (χ2n) is 13.1. The van der Waals surface area contributed by atoms with Crippen LogP contribution in [0.25, 0.3) is 11.1 Å². The number of amides is 1. The topological polar surface area (TPSA) is 71.7 Å². The number of nitrogens with zero attached hydrogens (tertiary/aromatic N) is 2. The van der Waals surface area contributed by atoms with E-state index in [9.17, 15) is 9.18 Å². The molecule has 7 nitrogen and oxygen atoms in total. The largest absolute Gasteiger partial charge is 0.357 e. The lowest BCUT2D eigenvalue weighted by Gasteiger charge is -2.33. The molecule has 2 unspecified atom stereocenters. The fourth-order valence-corrected chi connectivity index (χ4v) is 7.87. The van der Waals surface area contributed by atoms with Gasteiger partial charge in [-0.1, -0.05) is 48.5 Å². The van der Waals surface area contributed by atoms with Crippen LogP contribution in [0.1, 0.15) is 67.3 Å². The Morgan fingerprint density at radius 3 is 2.11 bits per heavy atom. The molecule has 0 spiro atoms. The molecule has 0 bridgehead atoms. The fourth-order valence-electron chi connectivity index (χ4n) is 7.87. The zero-order chi connectivity index (χ0) is 31.0. The Hall–Kier alpha value is -3.95. The lowest BCUT2D eigenvalue weighted by molar-refractivity contribution is -0.117. The number of anilines is 3. The number of carbonyl (C=O) groups is 1. The molecule has 9 heteroatoms. The summed E-state index contributed by atoms with van der Waals surface area (Å²) >= 11 is 0. The zero-order valence-electron chi connectivity index (χ0n) is 26.4. The van der Waals surface area contributed by atoms with Gasteiger partial charge in [0.05, 0.1) is 30.0 Å². The van der Waals surface area contributed by atoms with Crippen LogP contribution in [0, 0.1) is 5.82 Å². The smallest absolute Gasteiger partial charge is 0.241 e. The third kappa shape index (κ3) is 6.35. The number of halogens is 2. The molecule has 4 aromatic carbocycles. The molecule has 4 aliphatic heterocycles.